The predicted octanol–water partition coefficient (Wildman–Crippen LogP) is 0.855. The van der Waals surface area contributed by atoms with Gasteiger partial charge in [-0.25, -0.2) is 0 Å². The van der Waals surface area contributed by atoms with E-state index >= 15 is 0 Å². The second-order valence-electron chi connectivity index (χ2n) is 6.74. The van der Waals surface area contributed by atoms with Gasteiger partial charge in [0.05, 0.1) is 25.5 Å². The van der Waals surface area contributed by atoms with Gasteiger partial charge in [0.1, 0.15) is 0 Å². The summed E-state index contributed by atoms with van der Waals surface area (Å²) in [4.78, 5) is 7.14. The number of aryl methyl sites for hydroxylation is 2. The lowest BCUT2D eigenvalue weighted by atomic mass is 10.1. The first-order chi connectivity index (χ1) is 12.0. The minimum Gasteiger partial charge on any atom is -0.379 e. The van der Waals surface area contributed by atoms with E-state index in [2.05, 4.69) is 48.3 Å². The summed E-state index contributed by atoms with van der Waals surface area (Å²) < 4.78 is 7.34. The fourth-order valence-corrected chi connectivity index (χ4v) is 3.15. The molecule has 1 aromatic heterocycles. The Morgan fingerprint density at radius 2 is 2.04 bits per heavy atom. The van der Waals surface area contributed by atoms with Gasteiger partial charge < -0.3 is 15.4 Å². The SMILES string of the molecule is CCNC(=NCCN1CCOCC1)NC(C)Cc1c(C)nn(C)c1C. The average Bonchev–Trinajstić information content (AvgIpc) is 2.82. The molecule has 7 nitrogen and oxygen atoms in total. The fourth-order valence-electron chi connectivity index (χ4n) is 3.15. The highest BCUT2D eigenvalue weighted by molar-refractivity contribution is 5.80. The van der Waals surface area contributed by atoms with E-state index in [4.69, 9.17) is 9.73 Å². The largest absolute Gasteiger partial charge is 0.379 e. The molecule has 0 aromatic carbocycles. The molecule has 1 atom stereocenters. The molecule has 2 heterocycles. The van der Waals surface area contributed by atoms with Crippen molar-refractivity contribution in [3.05, 3.63) is 17.0 Å². The van der Waals surface area contributed by atoms with Crippen LogP contribution in [0.25, 0.3) is 0 Å². The van der Waals surface area contributed by atoms with Crippen LogP contribution in [0.1, 0.15) is 30.8 Å². The van der Waals surface area contributed by atoms with Crippen molar-refractivity contribution in [1.82, 2.24) is 25.3 Å². The van der Waals surface area contributed by atoms with Crippen LogP contribution in [0.5, 0.6) is 0 Å². The van der Waals surface area contributed by atoms with E-state index in [-0.39, 0.29) is 0 Å². The van der Waals surface area contributed by atoms with Gasteiger partial charge in [-0.3, -0.25) is 14.6 Å². The van der Waals surface area contributed by atoms with E-state index in [1.54, 1.807) is 0 Å². The van der Waals surface area contributed by atoms with E-state index in [1.807, 2.05) is 11.7 Å². The van der Waals surface area contributed by atoms with Crippen molar-refractivity contribution in [2.24, 2.45) is 12.0 Å². The molecular weight excluding hydrogens is 316 g/mol. The molecular formula is C18H34N6O. The summed E-state index contributed by atoms with van der Waals surface area (Å²) in [6, 6.07) is 0.294. The number of rotatable bonds is 7. The summed E-state index contributed by atoms with van der Waals surface area (Å²) in [5.74, 6) is 0.891. The summed E-state index contributed by atoms with van der Waals surface area (Å²) in [6.07, 6.45) is 0.944. The first-order valence-electron chi connectivity index (χ1n) is 9.35. The van der Waals surface area contributed by atoms with Crippen LogP contribution in [0.3, 0.4) is 0 Å². The summed E-state index contributed by atoms with van der Waals surface area (Å²) in [6.45, 7) is 14.8. The van der Waals surface area contributed by atoms with Crippen molar-refractivity contribution in [2.75, 3.05) is 45.9 Å². The lowest BCUT2D eigenvalue weighted by Crippen LogP contribution is -2.44. The van der Waals surface area contributed by atoms with Gasteiger partial charge in [0.2, 0.25) is 0 Å². The van der Waals surface area contributed by atoms with E-state index in [9.17, 15) is 0 Å². The molecule has 0 radical (unpaired) electrons. The molecule has 1 unspecified atom stereocenters. The van der Waals surface area contributed by atoms with Gasteiger partial charge in [0.25, 0.3) is 0 Å². The third-order valence-electron chi connectivity index (χ3n) is 4.69. The van der Waals surface area contributed by atoms with Crippen molar-refractivity contribution in [1.29, 1.82) is 0 Å². The number of guanidine groups is 1. The quantitative estimate of drug-likeness (QED) is 0.564. The zero-order valence-electron chi connectivity index (χ0n) is 16.4. The third-order valence-corrected chi connectivity index (χ3v) is 4.69. The molecule has 142 valence electrons. The van der Waals surface area contributed by atoms with Crippen molar-refractivity contribution in [3.8, 4) is 0 Å². The summed E-state index contributed by atoms with van der Waals surface area (Å²) in [5, 5.41) is 11.4. The Hall–Kier alpha value is -1.60. The van der Waals surface area contributed by atoms with Crippen LogP contribution in [0.15, 0.2) is 4.99 Å². The topological polar surface area (TPSA) is 66.7 Å². The highest BCUT2D eigenvalue weighted by Gasteiger charge is 2.14. The Morgan fingerprint density at radius 1 is 1.32 bits per heavy atom. The van der Waals surface area contributed by atoms with Crippen molar-refractivity contribution in [2.45, 2.75) is 40.2 Å². The molecule has 25 heavy (non-hydrogen) atoms. The molecule has 2 rings (SSSR count). The molecule has 7 heteroatoms. The van der Waals surface area contributed by atoms with E-state index < -0.39 is 0 Å². The van der Waals surface area contributed by atoms with Crippen molar-refractivity contribution in [3.63, 3.8) is 0 Å². The molecule has 0 bridgehead atoms. The molecule has 1 aromatic rings. The van der Waals surface area contributed by atoms with Crippen LogP contribution in [-0.2, 0) is 18.2 Å². The summed E-state index contributed by atoms with van der Waals surface area (Å²) >= 11 is 0. The van der Waals surface area contributed by atoms with Crippen LogP contribution >= 0.6 is 0 Å². The van der Waals surface area contributed by atoms with E-state index in [1.165, 1.54) is 11.3 Å². The molecule has 1 fully saturated rings. The highest BCUT2D eigenvalue weighted by atomic mass is 16.5. The van der Waals surface area contributed by atoms with Gasteiger partial charge >= 0.3 is 0 Å². The van der Waals surface area contributed by atoms with Crippen molar-refractivity contribution >= 4 is 5.96 Å². The molecule has 0 spiro atoms. The van der Waals surface area contributed by atoms with Crippen LogP contribution in [0.2, 0.25) is 0 Å². The number of aliphatic imine (C=N–C) groups is 1. The van der Waals surface area contributed by atoms with Crippen LogP contribution in [-0.4, -0.2) is 72.6 Å². The van der Waals surface area contributed by atoms with Crippen LogP contribution < -0.4 is 10.6 Å². The van der Waals surface area contributed by atoms with E-state index in [0.29, 0.717) is 6.04 Å². The first kappa shape index (κ1) is 19.7. The maximum absolute atomic E-state index is 5.39. The number of hydrogen-bond donors (Lipinski definition) is 2. The number of ether oxygens (including phenoxy) is 1. The lowest BCUT2D eigenvalue weighted by Gasteiger charge is -2.26. The minimum absolute atomic E-state index is 0.294. The fraction of sp³-hybridized carbons (Fsp3) is 0.778. The number of morpholine rings is 1. The smallest absolute Gasteiger partial charge is 0.191 e. The first-order valence-corrected chi connectivity index (χ1v) is 9.35. The van der Waals surface area contributed by atoms with Gasteiger partial charge in [-0.1, -0.05) is 0 Å². The molecule has 1 saturated heterocycles. The normalized spacial score (nSPS) is 17.6. The zero-order chi connectivity index (χ0) is 18.2. The Bertz CT molecular complexity index is 562. The second-order valence-corrected chi connectivity index (χ2v) is 6.74. The summed E-state index contributed by atoms with van der Waals surface area (Å²) in [5.41, 5.74) is 3.68. The summed E-state index contributed by atoms with van der Waals surface area (Å²) in [7, 11) is 2.00. The van der Waals surface area contributed by atoms with E-state index in [0.717, 1.165) is 64.0 Å². The van der Waals surface area contributed by atoms with Crippen LogP contribution in [0.4, 0.5) is 0 Å². The Morgan fingerprint density at radius 3 is 2.64 bits per heavy atom. The maximum atomic E-state index is 5.39. The third kappa shape index (κ3) is 6.01. The van der Waals surface area contributed by atoms with Gasteiger partial charge in [-0.2, -0.15) is 5.10 Å². The van der Waals surface area contributed by atoms with Gasteiger partial charge in [-0.15, -0.1) is 0 Å². The lowest BCUT2D eigenvalue weighted by molar-refractivity contribution is 0.0394. The number of aromatic nitrogens is 2. The predicted molar refractivity (Wildman–Crippen MR) is 102 cm³/mol. The number of nitrogens with zero attached hydrogens (tertiary/aromatic N) is 4. The van der Waals surface area contributed by atoms with Gasteiger partial charge in [0.15, 0.2) is 5.96 Å². The zero-order valence-corrected chi connectivity index (χ0v) is 16.4. The highest BCUT2D eigenvalue weighted by Crippen LogP contribution is 2.14. The second kappa shape index (κ2) is 9.77. The van der Waals surface area contributed by atoms with Crippen molar-refractivity contribution < 1.29 is 4.74 Å². The standard InChI is InChI=1S/C18H34N6O/c1-6-19-18(20-7-8-24-9-11-25-12-10-24)21-14(2)13-17-15(3)22-23(5)16(17)4/h14H,6-13H2,1-5H3,(H2,19,20,21). The Labute approximate surface area is 151 Å². The molecule has 0 aliphatic carbocycles. The van der Waals surface area contributed by atoms with Gasteiger partial charge in [-0.05, 0) is 39.7 Å². The Kier molecular flexibility index (Phi) is 7.71. The van der Waals surface area contributed by atoms with Crippen LogP contribution in [0, 0.1) is 13.8 Å². The number of nitrogens with one attached hydrogen (secondary N) is 2. The molecule has 1 aliphatic rings. The number of hydrogen-bond acceptors (Lipinski definition) is 4. The average molecular weight is 351 g/mol. The molecule has 0 amide bonds. The molecule has 0 saturated carbocycles. The Balaban J connectivity index is 1.87. The monoisotopic (exact) mass is 350 g/mol. The maximum Gasteiger partial charge on any atom is 0.191 e. The molecule has 2 N–H and O–H groups in total. The molecule has 1 aliphatic heterocycles. The van der Waals surface area contributed by atoms with Gasteiger partial charge in [0, 0.05) is 45.0 Å². The minimum atomic E-state index is 0.294.